The average molecular weight is 474 g/mol. The largest absolute Gasteiger partial charge is 0.405 e. The number of urea groups is 1. The summed E-state index contributed by atoms with van der Waals surface area (Å²) in [5.41, 5.74) is 2.47. The van der Waals surface area contributed by atoms with Crippen LogP contribution in [0.5, 0.6) is 0 Å². The Morgan fingerprint density at radius 3 is 2.71 bits per heavy atom. The smallest absolute Gasteiger partial charge is 0.329 e. The molecule has 34 heavy (non-hydrogen) atoms. The Morgan fingerprint density at radius 2 is 2.00 bits per heavy atom. The van der Waals surface area contributed by atoms with E-state index in [9.17, 15) is 22.8 Å². The predicted octanol–water partition coefficient (Wildman–Crippen LogP) is 3.09. The third-order valence-electron chi connectivity index (χ3n) is 6.20. The van der Waals surface area contributed by atoms with Crippen molar-refractivity contribution in [1.29, 1.82) is 0 Å². The molecule has 0 unspecified atom stereocenters. The Labute approximate surface area is 191 Å². The van der Waals surface area contributed by atoms with Crippen molar-refractivity contribution in [2.24, 2.45) is 5.92 Å². The third-order valence-corrected chi connectivity index (χ3v) is 6.20. The molecule has 1 N–H and O–H groups in total. The lowest BCUT2D eigenvalue weighted by Gasteiger charge is -2.18. The fourth-order valence-electron chi connectivity index (χ4n) is 4.56. The van der Waals surface area contributed by atoms with Crippen molar-refractivity contribution in [1.82, 2.24) is 38.7 Å². The summed E-state index contributed by atoms with van der Waals surface area (Å²) in [5, 5.41) is 1.95. The molecule has 5 rings (SSSR count). The number of carbonyl (C=O) groups excluding carboxylic acids is 2. The van der Waals surface area contributed by atoms with Gasteiger partial charge in [0, 0.05) is 49.5 Å². The van der Waals surface area contributed by atoms with E-state index in [4.69, 9.17) is 0 Å². The maximum absolute atomic E-state index is 12.8. The summed E-state index contributed by atoms with van der Waals surface area (Å²) in [4.78, 5) is 39.4. The number of hydrogen-bond donors (Lipinski definition) is 1. The number of fused-ring (bicyclic) bond motifs is 3. The third kappa shape index (κ3) is 3.76. The number of halogens is 3. The van der Waals surface area contributed by atoms with Crippen LogP contribution >= 0.6 is 0 Å². The van der Waals surface area contributed by atoms with Gasteiger partial charge in [0.15, 0.2) is 11.3 Å². The monoisotopic (exact) mass is 474 g/mol. The standard InChI is InChI=1S/C21H21F3N8O2/c1-2-13-9-30(19(33)28-11-21(22,23)24)10-14(13)16-7-26-17-8-27-18-15(32(16)17)3-5-31(18)20(34)29-6-4-25-12-29/h3-8,12-14H,2,9-11H2,1H3,(H,28,33)/t13-,14+/m1/s1. The Kier molecular flexibility index (Phi) is 5.25. The van der Waals surface area contributed by atoms with Gasteiger partial charge in [-0.25, -0.2) is 24.5 Å². The fraction of sp³-hybridized carbons (Fsp3) is 0.381. The van der Waals surface area contributed by atoms with Crippen LogP contribution in [0.4, 0.5) is 22.8 Å². The van der Waals surface area contributed by atoms with Crippen LogP contribution in [-0.4, -0.2) is 71.3 Å². The Bertz CT molecular complexity index is 1360. The van der Waals surface area contributed by atoms with Crippen LogP contribution in [0.15, 0.2) is 43.4 Å². The number of rotatable bonds is 3. The van der Waals surface area contributed by atoms with Crippen molar-refractivity contribution in [2.75, 3.05) is 19.6 Å². The van der Waals surface area contributed by atoms with Crippen molar-refractivity contribution in [3.05, 3.63) is 49.1 Å². The SMILES string of the molecule is CC[C@@H]1CN(C(=O)NCC(F)(F)F)C[C@@H]1c1cnc2cnc3c(ccn3C(=O)n3ccnc3)n12. The molecule has 0 aromatic carbocycles. The topological polar surface area (TPSA) is 102 Å². The van der Waals surface area contributed by atoms with Gasteiger partial charge in [-0.2, -0.15) is 13.2 Å². The van der Waals surface area contributed by atoms with Crippen LogP contribution in [0.3, 0.4) is 0 Å². The molecule has 1 saturated heterocycles. The number of nitrogens with one attached hydrogen (secondary N) is 1. The van der Waals surface area contributed by atoms with Crippen LogP contribution in [0, 0.1) is 5.92 Å². The molecule has 0 radical (unpaired) electrons. The molecule has 4 aromatic heterocycles. The van der Waals surface area contributed by atoms with Crippen LogP contribution in [-0.2, 0) is 0 Å². The fourth-order valence-corrected chi connectivity index (χ4v) is 4.56. The number of aromatic nitrogens is 6. The summed E-state index contributed by atoms with van der Waals surface area (Å²) in [7, 11) is 0. The number of likely N-dealkylation sites (tertiary alicyclic amines) is 1. The zero-order valence-corrected chi connectivity index (χ0v) is 18.1. The minimum Gasteiger partial charge on any atom is -0.329 e. The van der Waals surface area contributed by atoms with Crippen LogP contribution in [0.2, 0.25) is 0 Å². The summed E-state index contributed by atoms with van der Waals surface area (Å²) >= 11 is 0. The minimum atomic E-state index is -4.47. The van der Waals surface area contributed by atoms with Gasteiger partial charge in [-0.3, -0.25) is 13.5 Å². The highest BCUT2D eigenvalue weighted by atomic mass is 19.4. The Hall–Kier alpha value is -3.90. The molecule has 0 spiro atoms. The molecule has 0 saturated carbocycles. The second-order valence-corrected chi connectivity index (χ2v) is 8.24. The predicted molar refractivity (Wildman–Crippen MR) is 114 cm³/mol. The quantitative estimate of drug-likeness (QED) is 0.492. The number of alkyl halides is 3. The van der Waals surface area contributed by atoms with Crippen molar-refractivity contribution in [2.45, 2.75) is 25.4 Å². The highest BCUT2D eigenvalue weighted by Crippen LogP contribution is 2.36. The molecule has 2 atom stereocenters. The van der Waals surface area contributed by atoms with Gasteiger partial charge < -0.3 is 10.2 Å². The zero-order valence-electron chi connectivity index (χ0n) is 18.1. The van der Waals surface area contributed by atoms with E-state index < -0.39 is 18.8 Å². The van der Waals surface area contributed by atoms with Gasteiger partial charge in [-0.15, -0.1) is 0 Å². The molecule has 1 aliphatic heterocycles. The summed E-state index contributed by atoms with van der Waals surface area (Å²) in [5.74, 6) is -0.107. The van der Waals surface area contributed by atoms with Crippen molar-refractivity contribution < 1.29 is 22.8 Å². The lowest BCUT2D eigenvalue weighted by Crippen LogP contribution is -2.42. The number of amides is 2. The lowest BCUT2D eigenvalue weighted by atomic mass is 9.91. The first-order valence-electron chi connectivity index (χ1n) is 10.7. The second kappa shape index (κ2) is 8.15. The van der Waals surface area contributed by atoms with Crippen molar-refractivity contribution in [3.63, 3.8) is 0 Å². The summed E-state index contributed by atoms with van der Waals surface area (Å²) in [6.07, 6.45) is 5.59. The molecule has 0 aliphatic carbocycles. The van der Waals surface area contributed by atoms with Crippen LogP contribution in [0.1, 0.15) is 25.0 Å². The van der Waals surface area contributed by atoms with Crippen LogP contribution in [0.25, 0.3) is 16.8 Å². The van der Waals surface area contributed by atoms with E-state index in [2.05, 4.69) is 15.0 Å². The maximum atomic E-state index is 12.8. The molecule has 4 aromatic rings. The average Bonchev–Trinajstić information content (AvgIpc) is 3.59. The summed E-state index contributed by atoms with van der Waals surface area (Å²) in [6.45, 7) is 1.21. The van der Waals surface area contributed by atoms with E-state index in [-0.39, 0.29) is 24.4 Å². The molecule has 0 bridgehead atoms. The van der Waals surface area contributed by atoms with Gasteiger partial charge in [0.25, 0.3) is 0 Å². The highest BCUT2D eigenvalue weighted by molar-refractivity contribution is 5.90. The highest BCUT2D eigenvalue weighted by Gasteiger charge is 2.38. The molecule has 178 valence electrons. The lowest BCUT2D eigenvalue weighted by molar-refractivity contribution is -0.123. The Balaban J connectivity index is 1.49. The molecule has 13 heteroatoms. The maximum Gasteiger partial charge on any atom is 0.405 e. The molecule has 5 heterocycles. The minimum absolute atomic E-state index is 0.0365. The Morgan fingerprint density at radius 1 is 1.18 bits per heavy atom. The van der Waals surface area contributed by atoms with Gasteiger partial charge in [-0.1, -0.05) is 13.3 Å². The van der Waals surface area contributed by atoms with E-state index in [0.29, 0.717) is 23.4 Å². The van der Waals surface area contributed by atoms with Gasteiger partial charge in [0.2, 0.25) is 0 Å². The molecule has 2 amide bonds. The van der Waals surface area contributed by atoms with Gasteiger partial charge in [-0.05, 0) is 12.0 Å². The van der Waals surface area contributed by atoms with Gasteiger partial charge in [0.05, 0.1) is 11.7 Å². The first-order chi connectivity index (χ1) is 16.3. The number of carbonyl (C=O) groups is 2. The van der Waals surface area contributed by atoms with E-state index in [1.807, 2.05) is 16.6 Å². The van der Waals surface area contributed by atoms with Crippen LogP contribution < -0.4 is 5.32 Å². The summed E-state index contributed by atoms with van der Waals surface area (Å²) < 4.78 is 42.2. The molecule has 10 nitrogen and oxygen atoms in total. The molecule has 1 fully saturated rings. The van der Waals surface area contributed by atoms with E-state index in [1.54, 1.807) is 24.7 Å². The number of nitrogens with zero attached hydrogens (tertiary/aromatic N) is 7. The molecular weight excluding hydrogens is 453 g/mol. The van der Waals surface area contributed by atoms with E-state index in [1.165, 1.54) is 32.8 Å². The first-order valence-corrected chi connectivity index (χ1v) is 10.7. The van der Waals surface area contributed by atoms with E-state index in [0.717, 1.165) is 12.1 Å². The van der Waals surface area contributed by atoms with Gasteiger partial charge >= 0.3 is 18.2 Å². The van der Waals surface area contributed by atoms with Gasteiger partial charge in [0.1, 0.15) is 12.9 Å². The van der Waals surface area contributed by atoms with E-state index >= 15 is 0 Å². The van der Waals surface area contributed by atoms with Crippen molar-refractivity contribution in [3.8, 4) is 0 Å². The molecule has 1 aliphatic rings. The number of imidazole rings is 2. The zero-order chi connectivity index (χ0) is 24.0. The van der Waals surface area contributed by atoms with Crippen molar-refractivity contribution >= 4 is 28.9 Å². The normalized spacial score (nSPS) is 18.8. The first kappa shape index (κ1) is 21.9. The summed E-state index contributed by atoms with van der Waals surface area (Å²) in [6, 6.07) is 0.677. The number of hydrogen-bond acceptors (Lipinski definition) is 5. The molecular formula is C21H21F3N8O2. The second-order valence-electron chi connectivity index (χ2n) is 8.24.